The van der Waals surface area contributed by atoms with Gasteiger partial charge in [-0.2, -0.15) is 9.39 Å². The summed E-state index contributed by atoms with van der Waals surface area (Å²) < 4.78 is 39.6. The molecular formula is C23H22N4O5S2. The van der Waals surface area contributed by atoms with Gasteiger partial charge in [-0.15, -0.1) is 0 Å². The second-order valence-electron chi connectivity index (χ2n) is 7.59. The van der Waals surface area contributed by atoms with Crippen molar-refractivity contribution in [2.24, 2.45) is 9.39 Å². The minimum Gasteiger partial charge on any atom is -0.490 e. The molecule has 2 heterocycles. The zero-order chi connectivity index (χ0) is 24.5. The van der Waals surface area contributed by atoms with Crippen molar-refractivity contribution < 1.29 is 22.7 Å². The van der Waals surface area contributed by atoms with Gasteiger partial charge in [-0.3, -0.25) is 10.2 Å². The van der Waals surface area contributed by atoms with Crippen LogP contribution in [0.1, 0.15) is 23.6 Å². The maximum atomic E-state index is 12.6. The summed E-state index contributed by atoms with van der Waals surface area (Å²) in [6, 6.07) is 13.2. The van der Waals surface area contributed by atoms with Crippen molar-refractivity contribution in [3.63, 3.8) is 0 Å². The lowest BCUT2D eigenvalue weighted by Crippen LogP contribution is -2.45. The zero-order valence-corrected chi connectivity index (χ0v) is 20.4. The number of nitrogens with one attached hydrogen (secondary N) is 1. The highest BCUT2D eigenvalue weighted by Crippen LogP contribution is 2.32. The summed E-state index contributed by atoms with van der Waals surface area (Å²) >= 11 is 0.752. The van der Waals surface area contributed by atoms with Gasteiger partial charge in [0.05, 0.1) is 24.1 Å². The van der Waals surface area contributed by atoms with E-state index >= 15 is 0 Å². The lowest BCUT2D eigenvalue weighted by Gasteiger charge is -2.23. The Bertz CT molecular complexity index is 1360. The Morgan fingerprint density at radius 3 is 2.53 bits per heavy atom. The van der Waals surface area contributed by atoms with Crippen LogP contribution in [0.15, 0.2) is 57.4 Å². The van der Waals surface area contributed by atoms with E-state index < -0.39 is 15.7 Å². The number of aryl methyl sites for hydroxylation is 1. The van der Waals surface area contributed by atoms with Crippen LogP contribution in [-0.2, 0) is 21.2 Å². The number of fused-ring (bicyclic) bond motifs is 1. The van der Waals surface area contributed by atoms with Crippen molar-refractivity contribution in [2.75, 3.05) is 12.9 Å². The molecule has 0 aliphatic carbocycles. The fourth-order valence-corrected chi connectivity index (χ4v) is 5.10. The zero-order valence-electron chi connectivity index (χ0n) is 18.7. The van der Waals surface area contributed by atoms with Gasteiger partial charge in [0.1, 0.15) is 12.4 Å². The van der Waals surface area contributed by atoms with E-state index in [4.69, 9.17) is 14.9 Å². The molecule has 9 nitrogen and oxygen atoms in total. The molecule has 34 heavy (non-hydrogen) atoms. The third-order valence-electron chi connectivity index (χ3n) is 4.92. The fourth-order valence-electron chi connectivity index (χ4n) is 3.25. The van der Waals surface area contributed by atoms with E-state index in [1.165, 1.54) is 6.08 Å². The number of ether oxygens (including phenoxy) is 2. The standard InChI is InChI=1S/C23H22N4O5S2/c1-4-31-19-12-16(9-10-18(19)32-13-15-7-5-14(2)6-8-15)11-17-20(24)27-22(25-21(17)28)33-26-23(27)34(3,29)30/h5-12,24H,4,13H2,1-3H3/b17-11-,24-20?. The average Bonchev–Trinajstić information content (AvgIpc) is 3.22. The Morgan fingerprint density at radius 2 is 1.85 bits per heavy atom. The molecule has 0 bridgehead atoms. The van der Waals surface area contributed by atoms with Crippen molar-refractivity contribution >= 4 is 49.9 Å². The molecule has 1 N–H and O–H groups in total. The second-order valence-corrected chi connectivity index (χ2v) is 10.2. The van der Waals surface area contributed by atoms with E-state index in [1.807, 2.05) is 38.1 Å². The number of amides is 1. The number of carbonyl (C=O) groups excluding carboxylic acids is 1. The van der Waals surface area contributed by atoms with Crippen molar-refractivity contribution in [1.82, 2.24) is 4.90 Å². The maximum Gasteiger partial charge on any atom is 0.283 e. The van der Waals surface area contributed by atoms with E-state index in [9.17, 15) is 13.2 Å². The smallest absolute Gasteiger partial charge is 0.283 e. The van der Waals surface area contributed by atoms with Crippen LogP contribution in [0.5, 0.6) is 11.5 Å². The quantitative estimate of drug-likeness (QED) is 0.477. The van der Waals surface area contributed by atoms with Gasteiger partial charge in [-0.1, -0.05) is 35.9 Å². The van der Waals surface area contributed by atoms with Crippen LogP contribution >= 0.6 is 11.9 Å². The minimum atomic E-state index is -3.71. The topological polar surface area (TPSA) is 121 Å². The molecule has 0 saturated carbocycles. The molecule has 0 spiro atoms. The second kappa shape index (κ2) is 9.43. The van der Waals surface area contributed by atoms with Crippen molar-refractivity contribution in [1.29, 1.82) is 5.41 Å². The van der Waals surface area contributed by atoms with Crippen LogP contribution in [0.2, 0.25) is 0 Å². The van der Waals surface area contributed by atoms with Gasteiger partial charge in [0.2, 0.25) is 20.2 Å². The number of aliphatic imine (C=N–C) groups is 1. The summed E-state index contributed by atoms with van der Waals surface area (Å²) in [5, 5.41) is 8.18. The minimum absolute atomic E-state index is 0.0439. The van der Waals surface area contributed by atoms with Crippen LogP contribution < -0.4 is 9.47 Å². The van der Waals surface area contributed by atoms with E-state index in [1.54, 1.807) is 18.2 Å². The normalized spacial score (nSPS) is 16.9. The first-order chi connectivity index (χ1) is 16.2. The summed E-state index contributed by atoms with van der Waals surface area (Å²) in [5.41, 5.74) is 2.69. The highest BCUT2D eigenvalue weighted by molar-refractivity contribution is 8.16. The van der Waals surface area contributed by atoms with Gasteiger partial charge in [-0.05, 0) is 43.2 Å². The molecule has 1 amide bonds. The van der Waals surface area contributed by atoms with Crippen LogP contribution in [0.25, 0.3) is 6.08 Å². The number of rotatable bonds is 6. The Labute approximate surface area is 201 Å². The Balaban J connectivity index is 1.61. The molecule has 2 aromatic carbocycles. The van der Waals surface area contributed by atoms with Crippen molar-refractivity contribution in [3.8, 4) is 11.5 Å². The molecule has 0 saturated heterocycles. The van der Waals surface area contributed by atoms with Gasteiger partial charge in [0, 0.05) is 6.26 Å². The number of nitrogens with zero attached hydrogens (tertiary/aromatic N) is 3. The molecular weight excluding hydrogens is 476 g/mol. The van der Waals surface area contributed by atoms with Crippen LogP contribution in [-0.4, -0.2) is 48.3 Å². The van der Waals surface area contributed by atoms with Crippen LogP contribution in [0.4, 0.5) is 0 Å². The van der Waals surface area contributed by atoms with Crippen LogP contribution in [0.3, 0.4) is 0 Å². The first-order valence-electron chi connectivity index (χ1n) is 10.3. The summed E-state index contributed by atoms with van der Waals surface area (Å²) in [6.07, 6.45) is 2.46. The predicted octanol–water partition coefficient (Wildman–Crippen LogP) is 3.59. The first-order valence-corrected chi connectivity index (χ1v) is 13.0. The molecule has 11 heteroatoms. The molecule has 0 unspecified atom stereocenters. The lowest BCUT2D eigenvalue weighted by molar-refractivity contribution is -0.114. The third-order valence-corrected chi connectivity index (χ3v) is 6.67. The van der Waals surface area contributed by atoms with Crippen molar-refractivity contribution in [2.45, 2.75) is 20.5 Å². The van der Waals surface area contributed by atoms with Crippen LogP contribution in [0, 0.1) is 12.3 Å². The predicted molar refractivity (Wildman–Crippen MR) is 133 cm³/mol. The number of amidine groups is 3. The molecule has 2 aromatic rings. The number of benzene rings is 2. The Morgan fingerprint density at radius 1 is 1.12 bits per heavy atom. The summed E-state index contributed by atoms with van der Waals surface area (Å²) in [4.78, 5) is 17.5. The molecule has 0 radical (unpaired) electrons. The lowest BCUT2D eigenvalue weighted by atomic mass is 10.1. The summed E-state index contributed by atoms with van der Waals surface area (Å²) in [6.45, 7) is 4.64. The molecule has 2 aliphatic heterocycles. The first kappa shape index (κ1) is 23.7. The molecule has 0 atom stereocenters. The molecule has 4 rings (SSSR count). The molecule has 0 fully saturated rings. The molecule has 2 aliphatic rings. The maximum absolute atomic E-state index is 12.6. The number of hydrogen-bond donors (Lipinski definition) is 1. The highest BCUT2D eigenvalue weighted by Gasteiger charge is 2.41. The van der Waals surface area contributed by atoms with E-state index in [-0.39, 0.29) is 21.7 Å². The van der Waals surface area contributed by atoms with E-state index in [2.05, 4.69) is 9.39 Å². The largest absolute Gasteiger partial charge is 0.490 e. The van der Waals surface area contributed by atoms with Gasteiger partial charge in [0.25, 0.3) is 5.91 Å². The molecule has 176 valence electrons. The molecule has 0 aromatic heterocycles. The van der Waals surface area contributed by atoms with Gasteiger partial charge in [0.15, 0.2) is 11.5 Å². The fraction of sp³-hybridized carbons (Fsp3) is 0.217. The van der Waals surface area contributed by atoms with Gasteiger partial charge >= 0.3 is 0 Å². The SMILES string of the molecule is CCOc1cc(/C=C2/C(=N)N3C(=NC2=O)SN=C3S(C)(=O)=O)ccc1OCc1ccc(C)cc1. The Kier molecular flexibility index (Phi) is 6.58. The Hall–Kier alpha value is -3.44. The monoisotopic (exact) mass is 498 g/mol. The number of sulfone groups is 1. The number of carbonyl (C=O) groups is 1. The van der Waals surface area contributed by atoms with E-state index in [0.29, 0.717) is 30.3 Å². The summed E-state index contributed by atoms with van der Waals surface area (Å²) in [5.74, 6) is 0.0728. The van der Waals surface area contributed by atoms with E-state index in [0.717, 1.165) is 34.2 Å². The third kappa shape index (κ3) is 4.90. The van der Waals surface area contributed by atoms with Crippen molar-refractivity contribution in [3.05, 3.63) is 64.7 Å². The van der Waals surface area contributed by atoms with Gasteiger partial charge in [-0.25, -0.2) is 13.3 Å². The highest BCUT2D eigenvalue weighted by atomic mass is 32.2. The number of hydrogen-bond acceptors (Lipinski definition) is 8. The van der Waals surface area contributed by atoms with Gasteiger partial charge < -0.3 is 9.47 Å². The summed E-state index contributed by atoms with van der Waals surface area (Å²) in [7, 11) is -3.71. The average molecular weight is 499 g/mol.